The average Bonchev–Trinajstić information content (AvgIpc) is 2.53. The predicted octanol–water partition coefficient (Wildman–Crippen LogP) is 2.25. The number of nitrogens with zero attached hydrogens (tertiary/aromatic N) is 1. The molecule has 1 aromatic rings. The second kappa shape index (κ2) is 6.04. The molecular formula is C19H27NO4S2. The molecule has 1 heterocycles. The van der Waals surface area contributed by atoms with E-state index in [1.165, 1.54) is 23.6 Å². The number of hydrogen-bond donors (Lipinski definition) is 0. The molecule has 3 unspecified atom stereocenters. The van der Waals surface area contributed by atoms with Gasteiger partial charge in [0.15, 0.2) is 9.84 Å². The fraction of sp³-hybridized carbons (Fsp3) is 0.684. The van der Waals surface area contributed by atoms with Crippen LogP contribution in [0.5, 0.6) is 0 Å². The van der Waals surface area contributed by atoms with Crippen molar-refractivity contribution in [2.45, 2.75) is 55.7 Å². The molecule has 4 rings (SSSR count). The van der Waals surface area contributed by atoms with E-state index in [0.717, 1.165) is 44.1 Å². The van der Waals surface area contributed by atoms with Crippen molar-refractivity contribution < 1.29 is 16.8 Å². The van der Waals surface area contributed by atoms with Crippen LogP contribution < -0.4 is 0 Å². The van der Waals surface area contributed by atoms with Crippen LogP contribution in [0.25, 0.3) is 0 Å². The zero-order valence-corrected chi connectivity index (χ0v) is 17.1. The van der Waals surface area contributed by atoms with E-state index in [-0.39, 0.29) is 17.2 Å². The third-order valence-electron chi connectivity index (χ3n) is 6.71. The molecular weight excluding hydrogens is 370 g/mol. The molecule has 1 saturated heterocycles. The first-order chi connectivity index (χ1) is 12.1. The van der Waals surface area contributed by atoms with Gasteiger partial charge in [-0.2, -0.15) is 4.31 Å². The Morgan fingerprint density at radius 3 is 2.58 bits per heavy atom. The number of sulfone groups is 1. The smallest absolute Gasteiger partial charge is 0.211 e. The zero-order chi connectivity index (χ0) is 18.7. The Morgan fingerprint density at radius 2 is 1.88 bits per heavy atom. The van der Waals surface area contributed by atoms with Crippen LogP contribution >= 0.6 is 0 Å². The van der Waals surface area contributed by atoms with Crippen molar-refractivity contribution in [3.63, 3.8) is 0 Å². The van der Waals surface area contributed by atoms with Crippen LogP contribution in [0.4, 0.5) is 0 Å². The maximum Gasteiger partial charge on any atom is 0.211 e. The van der Waals surface area contributed by atoms with Crippen molar-refractivity contribution in [2.75, 3.05) is 19.1 Å². The van der Waals surface area contributed by atoms with Crippen LogP contribution in [0.15, 0.2) is 18.2 Å². The standard InChI is InChI=1S/C19H27NO4S2/c1-25(21,22)13-14-6-7-15-12-18-16-5-3-4-8-19(16,17(15)11-14)9-10-20(18)26(2,23)24/h6-7,11,16,18H,3-5,8-10,12-13H2,1-2H3. The third kappa shape index (κ3) is 3.02. The van der Waals surface area contributed by atoms with Crippen molar-refractivity contribution in [2.24, 2.45) is 5.92 Å². The lowest BCUT2D eigenvalue weighted by Crippen LogP contribution is -2.61. The molecule has 3 atom stereocenters. The van der Waals surface area contributed by atoms with Crippen LogP contribution in [0.2, 0.25) is 0 Å². The van der Waals surface area contributed by atoms with Crippen LogP contribution in [0, 0.1) is 5.92 Å². The quantitative estimate of drug-likeness (QED) is 0.784. The van der Waals surface area contributed by atoms with E-state index in [1.54, 1.807) is 4.31 Å². The molecule has 1 aromatic carbocycles. The van der Waals surface area contributed by atoms with Crippen molar-refractivity contribution in [3.8, 4) is 0 Å². The van der Waals surface area contributed by atoms with Crippen LogP contribution in [0.1, 0.15) is 48.8 Å². The summed E-state index contributed by atoms with van der Waals surface area (Å²) in [5.74, 6) is 0.417. The van der Waals surface area contributed by atoms with Gasteiger partial charge in [0.05, 0.1) is 12.0 Å². The Bertz CT molecular complexity index is 938. The van der Waals surface area contributed by atoms with Gasteiger partial charge in [-0.25, -0.2) is 16.8 Å². The molecule has 2 fully saturated rings. The largest absolute Gasteiger partial charge is 0.229 e. The normalized spacial score (nSPS) is 31.9. The highest BCUT2D eigenvalue weighted by molar-refractivity contribution is 7.89. The van der Waals surface area contributed by atoms with Crippen LogP contribution in [0.3, 0.4) is 0 Å². The highest BCUT2D eigenvalue weighted by Crippen LogP contribution is 2.56. The molecule has 5 nitrogen and oxygen atoms in total. The first kappa shape index (κ1) is 18.4. The lowest BCUT2D eigenvalue weighted by Gasteiger charge is -2.58. The Hall–Kier alpha value is -0.920. The molecule has 26 heavy (non-hydrogen) atoms. The third-order valence-corrected chi connectivity index (χ3v) is 8.87. The van der Waals surface area contributed by atoms with E-state index in [1.807, 2.05) is 12.1 Å². The number of hydrogen-bond acceptors (Lipinski definition) is 4. The van der Waals surface area contributed by atoms with Crippen molar-refractivity contribution >= 4 is 19.9 Å². The number of rotatable bonds is 3. The van der Waals surface area contributed by atoms with E-state index in [4.69, 9.17) is 0 Å². The van der Waals surface area contributed by atoms with Gasteiger partial charge in [0.2, 0.25) is 10.0 Å². The van der Waals surface area contributed by atoms with Gasteiger partial charge in [-0.05, 0) is 48.3 Å². The van der Waals surface area contributed by atoms with E-state index in [9.17, 15) is 16.8 Å². The number of benzene rings is 1. The summed E-state index contributed by atoms with van der Waals surface area (Å²) in [4.78, 5) is 0. The summed E-state index contributed by atoms with van der Waals surface area (Å²) in [6.45, 7) is 0.579. The summed E-state index contributed by atoms with van der Waals surface area (Å²) in [7, 11) is -6.28. The van der Waals surface area contributed by atoms with E-state index in [0.29, 0.717) is 12.5 Å². The van der Waals surface area contributed by atoms with Crippen LogP contribution in [-0.2, 0) is 37.4 Å². The minimum Gasteiger partial charge on any atom is -0.229 e. The Morgan fingerprint density at radius 1 is 1.12 bits per heavy atom. The summed E-state index contributed by atoms with van der Waals surface area (Å²) >= 11 is 0. The Balaban J connectivity index is 1.83. The minimum atomic E-state index is -3.21. The minimum absolute atomic E-state index is 0.0191. The molecule has 2 aliphatic carbocycles. The van der Waals surface area contributed by atoms with Gasteiger partial charge in [0, 0.05) is 24.3 Å². The lowest BCUT2D eigenvalue weighted by molar-refractivity contribution is 0.0319. The lowest BCUT2D eigenvalue weighted by atomic mass is 9.52. The van der Waals surface area contributed by atoms with Gasteiger partial charge >= 0.3 is 0 Å². The number of sulfonamides is 1. The van der Waals surface area contributed by atoms with Crippen LogP contribution in [-0.4, -0.2) is 46.2 Å². The zero-order valence-electron chi connectivity index (χ0n) is 15.4. The highest BCUT2D eigenvalue weighted by atomic mass is 32.2. The van der Waals surface area contributed by atoms with Gasteiger partial charge in [-0.3, -0.25) is 0 Å². The van der Waals surface area contributed by atoms with Gasteiger partial charge in [-0.15, -0.1) is 0 Å². The summed E-state index contributed by atoms with van der Waals surface area (Å²) in [5, 5.41) is 0. The van der Waals surface area contributed by atoms with Gasteiger partial charge in [0.25, 0.3) is 0 Å². The van der Waals surface area contributed by atoms with Gasteiger partial charge in [-0.1, -0.05) is 31.0 Å². The summed E-state index contributed by atoms with van der Waals surface area (Å²) in [6, 6.07) is 6.11. The van der Waals surface area contributed by atoms with E-state index >= 15 is 0 Å². The molecule has 0 aromatic heterocycles. The molecule has 0 N–H and O–H groups in total. The van der Waals surface area contributed by atoms with Crippen molar-refractivity contribution in [3.05, 3.63) is 34.9 Å². The topological polar surface area (TPSA) is 71.5 Å². The monoisotopic (exact) mass is 397 g/mol. The fourth-order valence-corrected chi connectivity index (χ4v) is 7.74. The summed E-state index contributed by atoms with van der Waals surface area (Å²) in [6.07, 6.45) is 8.65. The predicted molar refractivity (Wildman–Crippen MR) is 102 cm³/mol. The first-order valence-electron chi connectivity index (χ1n) is 9.37. The van der Waals surface area contributed by atoms with Crippen molar-refractivity contribution in [1.82, 2.24) is 4.31 Å². The van der Waals surface area contributed by atoms with E-state index in [2.05, 4.69) is 6.07 Å². The van der Waals surface area contributed by atoms with Gasteiger partial charge in [0.1, 0.15) is 0 Å². The molecule has 2 bridgehead atoms. The average molecular weight is 398 g/mol. The van der Waals surface area contributed by atoms with E-state index < -0.39 is 19.9 Å². The first-order valence-corrected chi connectivity index (χ1v) is 13.3. The van der Waals surface area contributed by atoms with Crippen molar-refractivity contribution in [1.29, 1.82) is 0 Å². The second-order valence-corrected chi connectivity index (χ2v) is 12.5. The summed E-state index contributed by atoms with van der Waals surface area (Å²) in [5.41, 5.74) is 3.38. The molecule has 1 aliphatic heterocycles. The highest BCUT2D eigenvalue weighted by Gasteiger charge is 2.55. The molecule has 0 radical (unpaired) electrons. The second-order valence-electron chi connectivity index (χ2n) is 8.47. The van der Waals surface area contributed by atoms with Gasteiger partial charge < -0.3 is 0 Å². The fourth-order valence-electron chi connectivity index (χ4n) is 5.82. The SMILES string of the molecule is CS(=O)(=O)Cc1ccc2c(c1)C13CCCCC1C(C2)N(S(C)(=O)=O)CC3. The molecule has 0 spiro atoms. The molecule has 1 saturated carbocycles. The molecule has 0 amide bonds. The number of fused-ring (bicyclic) bond motifs is 1. The maximum atomic E-state index is 12.3. The number of piperidine rings is 1. The Kier molecular flexibility index (Phi) is 4.29. The maximum absolute atomic E-state index is 12.3. The summed E-state index contributed by atoms with van der Waals surface area (Å²) < 4.78 is 49.9. The Labute approximate surface area is 156 Å². The molecule has 144 valence electrons. The molecule has 7 heteroatoms. The molecule has 3 aliphatic rings.